The number of fused-ring (bicyclic) bond motifs is 2. The van der Waals surface area contributed by atoms with Crippen molar-refractivity contribution in [1.29, 1.82) is 0 Å². The van der Waals surface area contributed by atoms with Crippen molar-refractivity contribution in [2.45, 2.75) is 25.0 Å². The van der Waals surface area contributed by atoms with Crippen molar-refractivity contribution in [3.63, 3.8) is 0 Å². The molecule has 2 aliphatic rings. The molecule has 3 heterocycles. The Labute approximate surface area is 212 Å². The molecule has 2 atom stereocenters. The van der Waals surface area contributed by atoms with E-state index in [1.54, 1.807) is 18.2 Å². The van der Waals surface area contributed by atoms with E-state index in [0.29, 0.717) is 59.9 Å². The van der Waals surface area contributed by atoms with Crippen LogP contribution in [0.15, 0.2) is 36.7 Å². The highest BCUT2D eigenvalue weighted by Crippen LogP contribution is 2.33. The fourth-order valence-electron chi connectivity index (χ4n) is 4.56. The van der Waals surface area contributed by atoms with Crippen LogP contribution < -0.4 is 15.4 Å². The molecule has 5 rings (SSSR count). The number of anilines is 3. The van der Waals surface area contributed by atoms with E-state index in [1.807, 2.05) is 0 Å². The van der Waals surface area contributed by atoms with E-state index in [1.165, 1.54) is 25.6 Å². The molecule has 1 aromatic heterocycles. The first kappa shape index (κ1) is 24.6. The largest absolute Gasteiger partial charge is 0.494 e. The number of halogens is 2. The van der Waals surface area contributed by atoms with Crippen molar-refractivity contribution in [2.75, 3.05) is 50.6 Å². The third-order valence-corrected chi connectivity index (χ3v) is 6.62. The number of methoxy groups -OCH3 is 1. The normalized spacial score (nSPS) is 19.8. The number of hydrogen-bond donors (Lipinski definition) is 2. The maximum Gasteiger partial charge on any atom is 0.224 e. The zero-order valence-electron chi connectivity index (χ0n) is 19.8. The Morgan fingerprint density at radius 2 is 1.97 bits per heavy atom. The Kier molecular flexibility index (Phi) is 7.47. The molecule has 11 heteroatoms. The van der Waals surface area contributed by atoms with E-state index >= 15 is 0 Å². The molecule has 2 N–H and O–H groups in total. The molecule has 3 aromatic rings. The first-order valence-corrected chi connectivity index (χ1v) is 12.2. The Balaban J connectivity index is 1.25. The average molecular weight is 516 g/mol. The maximum absolute atomic E-state index is 13.5. The molecule has 2 saturated heterocycles. The Bertz CT molecular complexity index is 1250. The summed E-state index contributed by atoms with van der Waals surface area (Å²) >= 11 is 5.91. The Morgan fingerprint density at radius 3 is 2.69 bits per heavy atom. The average Bonchev–Trinajstić information content (AvgIpc) is 3.29. The van der Waals surface area contributed by atoms with Gasteiger partial charge in [0.2, 0.25) is 5.91 Å². The summed E-state index contributed by atoms with van der Waals surface area (Å²) in [5.41, 5.74) is 1.70. The molecule has 0 radical (unpaired) electrons. The first-order chi connectivity index (χ1) is 17.5. The van der Waals surface area contributed by atoms with Crippen molar-refractivity contribution >= 4 is 45.6 Å². The highest BCUT2D eigenvalue weighted by molar-refractivity contribution is 6.31. The van der Waals surface area contributed by atoms with E-state index < -0.39 is 5.82 Å². The van der Waals surface area contributed by atoms with Gasteiger partial charge in [-0.2, -0.15) is 0 Å². The third-order valence-electron chi connectivity index (χ3n) is 6.33. The molecule has 2 aliphatic heterocycles. The maximum atomic E-state index is 13.5. The second-order valence-electron chi connectivity index (χ2n) is 8.78. The van der Waals surface area contributed by atoms with Crippen LogP contribution in [-0.2, 0) is 14.3 Å². The molecular formula is C25H27ClFN5O4. The lowest BCUT2D eigenvalue weighted by atomic mass is 10.1. The van der Waals surface area contributed by atoms with Crippen LogP contribution in [0.4, 0.5) is 21.6 Å². The van der Waals surface area contributed by atoms with Crippen LogP contribution in [0.3, 0.4) is 0 Å². The van der Waals surface area contributed by atoms with E-state index in [0.717, 1.165) is 19.6 Å². The summed E-state index contributed by atoms with van der Waals surface area (Å²) in [6.45, 7) is 3.75. The summed E-state index contributed by atoms with van der Waals surface area (Å²) in [4.78, 5) is 23.7. The van der Waals surface area contributed by atoms with Gasteiger partial charge in [-0.25, -0.2) is 14.4 Å². The number of benzene rings is 2. The number of nitrogens with one attached hydrogen (secondary N) is 2. The van der Waals surface area contributed by atoms with Gasteiger partial charge < -0.3 is 24.8 Å². The number of carbonyl (C=O) groups excluding carboxylic acids is 1. The zero-order valence-corrected chi connectivity index (χ0v) is 20.6. The van der Waals surface area contributed by atoms with Gasteiger partial charge in [0.25, 0.3) is 0 Å². The lowest BCUT2D eigenvalue weighted by Gasteiger charge is -2.24. The predicted octanol–water partition coefficient (Wildman–Crippen LogP) is 3.99. The molecule has 9 nitrogen and oxygen atoms in total. The molecular weight excluding hydrogens is 489 g/mol. The lowest BCUT2D eigenvalue weighted by molar-refractivity contribution is -0.116. The highest BCUT2D eigenvalue weighted by Gasteiger charge is 2.36. The molecule has 2 aromatic carbocycles. The van der Waals surface area contributed by atoms with Crippen molar-refractivity contribution in [3.05, 3.63) is 47.5 Å². The summed E-state index contributed by atoms with van der Waals surface area (Å²) in [5.74, 6) is 0.353. The molecule has 2 fully saturated rings. The number of ether oxygens (including phenoxy) is 3. The third kappa shape index (κ3) is 5.52. The highest BCUT2D eigenvalue weighted by atomic mass is 35.5. The van der Waals surface area contributed by atoms with Crippen molar-refractivity contribution < 1.29 is 23.4 Å². The van der Waals surface area contributed by atoms with Crippen LogP contribution in [0, 0.1) is 5.82 Å². The molecule has 1 unspecified atom stereocenters. The van der Waals surface area contributed by atoms with Crippen LogP contribution in [0.2, 0.25) is 5.02 Å². The van der Waals surface area contributed by atoms with Crippen LogP contribution in [0.1, 0.15) is 12.8 Å². The van der Waals surface area contributed by atoms with E-state index in [9.17, 15) is 9.18 Å². The SMILES string of the molecule is COc1cc2ncnc(Nc3ccc(F)c(Cl)c3)c2cc1NC(=O)CCCN1CC2OCCO[C@H]2C1. The molecule has 1 amide bonds. The van der Waals surface area contributed by atoms with Crippen molar-refractivity contribution in [1.82, 2.24) is 14.9 Å². The van der Waals surface area contributed by atoms with Crippen molar-refractivity contribution in [2.24, 2.45) is 0 Å². The fraction of sp³-hybridized carbons (Fsp3) is 0.400. The van der Waals surface area contributed by atoms with Gasteiger partial charge in [0, 0.05) is 36.7 Å². The number of likely N-dealkylation sites (tertiary alicyclic amines) is 1. The molecule has 36 heavy (non-hydrogen) atoms. The number of aromatic nitrogens is 2. The minimum Gasteiger partial charge on any atom is -0.494 e. The molecule has 0 saturated carbocycles. The van der Waals surface area contributed by atoms with Gasteiger partial charge >= 0.3 is 0 Å². The number of carbonyl (C=O) groups is 1. The summed E-state index contributed by atoms with van der Waals surface area (Å²) < 4.78 is 30.5. The minimum absolute atomic E-state index is 0.000675. The van der Waals surface area contributed by atoms with E-state index in [4.69, 9.17) is 25.8 Å². The van der Waals surface area contributed by atoms with Gasteiger partial charge in [0.15, 0.2) is 0 Å². The quantitative estimate of drug-likeness (QED) is 0.465. The molecule has 0 aliphatic carbocycles. The number of rotatable bonds is 8. The number of nitrogens with zero attached hydrogens (tertiary/aromatic N) is 3. The summed E-state index contributed by atoms with van der Waals surface area (Å²) in [6.07, 6.45) is 2.75. The summed E-state index contributed by atoms with van der Waals surface area (Å²) in [7, 11) is 1.54. The monoisotopic (exact) mass is 515 g/mol. The topological polar surface area (TPSA) is 97.8 Å². The summed E-state index contributed by atoms with van der Waals surface area (Å²) in [5, 5.41) is 6.75. The van der Waals surface area contributed by atoms with Crippen molar-refractivity contribution in [3.8, 4) is 5.75 Å². The fourth-order valence-corrected chi connectivity index (χ4v) is 4.74. The van der Waals surface area contributed by atoms with Crippen LogP contribution in [0.25, 0.3) is 10.9 Å². The van der Waals surface area contributed by atoms with E-state index in [-0.39, 0.29) is 23.1 Å². The van der Waals surface area contributed by atoms with Gasteiger partial charge in [0.1, 0.15) is 23.7 Å². The predicted molar refractivity (Wildman–Crippen MR) is 135 cm³/mol. The first-order valence-electron chi connectivity index (χ1n) is 11.8. The lowest BCUT2D eigenvalue weighted by Crippen LogP contribution is -2.36. The van der Waals surface area contributed by atoms with Crippen LogP contribution in [-0.4, -0.2) is 72.9 Å². The second-order valence-corrected chi connectivity index (χ2v) is 9.18. The standard InChI is InChI=1S/C25H27ClFN5O4/c1-34-21-11-19-16(25(29-14-28-19)30-15-4-5-18(27)17(26)9-15)10-20(21)31-24(33)3-2-6-32-12-22-23(13-32)36-8-7-35-22/h4-5,9-11,14,22-23H,2-3,6-8,12-13H2,1H3,(H,31,33)(H,28,29,30)/t22-,23?/m0/s1. The second kappa shape index (κ2) is 10.9. The minimum atomic E-state index is -0.505. The zero-order chi connectivity index (χ0) is 25.1. The molecule has 190 valence electrons. The van der Waals surface area contributed by atoms with Gasteiger partial charge in [-0.15, -0.1) is 0 Å². The van der Waals surface area contributed by atoms with Crippen LogP contribution >= 0.6 is 11.6 Å². The Morgan fingerprint density at radius 1 is 1.19 bits per heavy atom. The summed E-state index contributed by atoms with van der Waals surface area (Å²) in [6, 6.07) is 7.82. The van der Waals surface area contributed by atoms with Crippen LogP contribution in [0.5, 0.6) is 5.75 Å². The Hall–Kier alpha value is -3.05. The van der Waals surface area contributed by atoms with Gasteiger partial charge in [-0.1, -0.05) is 11.6 Å². The number of amides is 1. The van der Waals surface area contributed by atoms with E-state index in [2.05, 4.69) is 25.5 Å². The van der Waals surface area contributed by atoms with Gasteiger partial charge in [-0.05, 0) is 37.2 Å². The number of hydrogen-bond acceptors (Lipinski definition) is 8. The smallest absolute Gasteiger partial charge is 0.224 e. The van der Waals surface area contributed by atoms with Gasteiger partial charge in [-0.3, -0.25) is 9.69 Å². The molecule has 0 bridgehead atoms. The van der Waals surface area contributed by atoms with Gasteiger partial charge in [0.05, 0.1) is 48.8 Å². The molecule has 0 spiro atoms.